The maximum Gasteiger partial charge on any atom is 0.0176 e. The number of hydrogen-bond acceptors (Lipinski definition) is 1. The van der Waals surface area contributed by atoms with Crippen molar-refractivity contribution < 1.29 is 0 Å². The summed E-state index contributed by atoms with van der Waals surface area (Å²) < 4.78 is 0. The fraction of sp³-hybridized carbons (Fsp3) is 1.00. The molecule has 0 atom stereocenters. The predicted molar refractivity (Wildman–Crippen MR) is 68.2 cm³/mol. The van der Waals surface area contributed by atoms with Crippen molar-refractivity contribution in [3.05, 3.63) is 0 Å². The second-order valence-electron chi connectivity index (χ2n) is 5.37. The van der Waals surface area contributed by atoms with Crippen molar-refractivity contribution in [2.45, 2.75) is 78.2 Å². The summed E-state index contributed by atoms with van der Waals surface area (Å²) in [5.74, 6) is 0. The van der Waals surface area contributed by atoms with Gasteiger partial charge in [0.25, 0.3) is 0 Å². The van der Waals surface area contributed by atoms with Gasteiger partial charge in [-0.1, -0.05) is 40.5 Å². The highest BCUT2D eigenvalue weighted by Crippen LogP contribution is 2.40. The third-order valence-electron chi connectivity index (χ3n) is 5.14. The lowest BCUT2D eigenvalue weighted by atomic mass is 9.74. The molecular formula is C14H29N. The van der Waals surface area contributed by atoms with Crippen LogP contribution in [0.2, 0.25) is 0 Å². The first kappa shape index (κ1) is 13.0. The molecule has 1 nitrogen and oxygen atoms in total. The first-order valence-corrected chi connectivity index (χ1v) is 6.91. The van der Waals surface area contributed by atoms with Crippen LogP contribution in [-0.4, -0.2) is 12.1 Å². The average molecular weight is 211 g/mol. The zero-order valence-electron chi connectivity index (χ0n) is 11.2. The van der Waals surface area contributed by atoms with Gasteiger partial charge in [0.15, 0.2) is 0 Å². The Morgan fingerprint density at radius 2 is 1.40 bits per heavy atom. The van der Waals surface area contributed by atoms with Gasteiger partial charge in [0.05, 0.1) is 0 Å². The van der Waals surface area contributed by atoms with E-state index in [1.165, 1.54) is 51.5 Å². The fourth-order valence-corrected chi connectivity index (χ4v) is 3.12. The molecule has 0 saturated carbocycles. The van der Waals surface area contributed by atoms with Crippen molar-refractivity contribution in [1.82, 2.24) is 5.32 Å². The molecule has 1 rings (SSSR count). The van der Waals surface area contributed by atoms with E-state index in [4.69, 9.17) is 0 Å². The SMILES string of the molecule is CCC1(CC)CCNC(CC)(CC)CC1. The van der Waals surface area contributed by atoms with Gasteiger partial charge in [0.2, 0.25) is 0 Å². The lowest BCUT2D eigenvalue weighted by Gasteiger charge is -2.33. The number of nitrogens with one attached hydrogen (secondary N) is 1. The highest BCUT2D eigenvalue weighted by molar-refractivity contribution is 4.93. The summed E-state index contributed by atoms with van der Waals surface area (Å²) in [7, 11) is 0. The van der Waals surface area contributed by atoms with E-state index in [0.29, 0.717) is 11.0 Å². The number of rotatable bonds is 4. The molecule has 15 heavy (non-hydrogen) atoms. The van der Waals surface area contributed by atoms with E-state index in [1.807, 2.05) is 0 Å². The summed E-state index contributed by atoms with van der Waals surface area (Å²) in [6, 6.07) is 0. The van der Waals surface area contributed by atoms with E-state index >= 15 is 0 Å². The van der Waals surface area contributed by atoms with Gasteiger partial charge in [-0.25, -0.2) is 0 Å². The van der Waals surface area contributed by atoms with Gasteiger partial charge in [-0.2, -0.15) is 0 Å². The standard InChI is InChI=1S/C14H29N/c1-5-13(6-2)9-10-14(7-3,8-4)15-12-11-13/h15H,5-12H2,1-4H3. The highest BCUT2D eigenvalue weighted by Gasteiger charge is 2.35. The molecule has 0 aromatic heterocycles. The second kappa shape index (κ2) is 5.34. The summed E-state index contributed by atoms with van der Waals surface area (Å²) in [4.78, 5) is 0. The van der Waals surface area contributed by atoms with Crippen LogP contribution in [0.4, 0.5) is 0 Å². The first-order chi connectivity index (χ1) is 7.16. The molecule has 0 bridgehead atoms. The lowest BCUT2D eigenvalue weighted by Crippen LogP contribution is -2.43. The van der Waals surface area contributed by atoms with E-state index in [-0.39, 0.29) is 0 Å². The summed E-state index contributed by atoms with van der Waals surface area (Å²) in [5, 5.41) is 3.82. The monoisotopic (exact) mass is 211 g/mol. The Hall–Kier alpha value is -0.0400. The van der Waals surface area contributed by atoms with E-state index in [9.17, 15) is 0 Å². The molecule has 0 amide bonds. The molecule has 1 aliphatic rings. The van der Waals surface area contributed by atoms with Gasteiger partial charge in [-0.15, -0.1) is 0 Å². The van der Waals surface area contributed by atoms with Crippen LogP contribution in [0.3, 0.4) is 0 Å². The van der Waals surface area contributed by atoms with Crippen LogP contribution in [0.5, 0.6) is 0 Å². The quantitative estimate of drug-likeness (QED) is 0.737. The summed E-state index contributed by atoms with van der Waals surface area (Å²) in [6.07, 6.45) is 9.46. The van der Waals surface area contributed by atoms with Crippen molar-refractivity contribution in [3.8, 4) is 0 Å². The molecule has 1 saturated heterocycles. The molecule has 90 valence electrons. The van der Waals surface area contributed by atoms with Crippen LogP contribution in [0.15, 0.2) is 0 Å². The van der Waals surface area contributed by atoms with Gasteiger partial charge >= 0.3 is 0 Å². The van der Waals surface area contributed by atoms with Crippen LogP contribution >= 0.6 is 0 Å². The average Bonchev–Trinajstić information content (AvgIpc) is 2.49. The zero-order valence-corrected chi connectivity index (χ0v) is 11.2. The molecule has 1 fully saturated rings. The van der Waals surface area contributed by atoms with E-state index < -0.39 is 0 Å². The van der Waals surface area contributed by atoms with Crippen molar-refractivity contribution in [3.63, 3.8) is 0 Å². The normalized spacial score (nSPS) is 24.8. The first-order valence-electron chi connectivity index (χ1n) is 6.91. The molecule has 0 unspecified atom stereocenters. The van der Waals surface area contributed by atoms with Crippen LogP contribution in [0, 0.1) is 5.41 Å². The maximum absolute atomic E-state index is 3.82. The predicted octanol–water partition coefficient (Wildman–Crippen LogP) is 4.13. The van der Waals surface area contributed by atoms with E-state index in [2.05, 4.69) is 33.0 Å². The highest BCUT2D eigenvalue weighted by atomic mass is 15.0. The van der Waals surface area contributed by atoms with Crippen molar-refractivity contribution in [2.75, 3.05) is 6.54 Å². The Balaban J connectivity index is 2.69. The molecule has 0 aliphatic carbocycles. The molecule has 0 radical (unpaired) electrons. The summed E-state index contributed by atoms with van der Waals surface area (Å²) >= 11 is 0. The molecular weight excluding hydrogens is 182 g/mol. The Kier molecular flexibility index (Phi) is 4.64. The molecule has 1 aliphatic heterocycles. The second-order valence-corrected chi connectivity index (χ2v) is 5.37. The fourth-order valence-electron chi connectivity index (χ4n) is 3.12. The van der Waals surface area contributed by atoms with Gasteiger partial charge in [-0.3, -0.25) is 0 Å². The minimum Gasteiger partial charge on any atom is -0.311 e. The Morgan fingerprint density at radius 1 is 0.800 bits per heavy atom. The van der Waals surface area contributed by atoms with Gasteiger partial charge < -0.3 is 5.32 Å². The Bertz CT molecular complexity index is 158. The van der Waals surface area contributed by atoms with Crippen LogP contribution in [0.1, 0.15) is 72.6 Å². The summed E-state index contributed by atoms with van der Waals surface area (Å²) in [6.45, 7) is 10.6. The van der Waals surface area contributed by atoms with Crippen LogP contribution < -0.4 is 5.32 Å². The smallest absolute Gasteiger partial charge is 0.0176 e. The van der Waals surface area contributed by atoms with Crippen LogP contribution in [-0.2, 0) is 0 Å². The summed E-state index contributed by atoms with van der Waals surface area (Å²) in [5.41, 5.74) is 1.09. The van der Waals surface area contributed by atoms with Gasteiger partial charge in [0, 0.05) is 5.54 Å². The number of hydrogen-bond donors (Lipinski definition) is 1. The van der Waals surface area contributed by atoms with Gasteiger partial charge in [0.1, 0.15) is 0 Å². The Morgan fingerprint density at radius 3 is 1.87 bits per heavy atom. The van der Waals surface area contributed by atoms with Crippen LogP contribution in [0.25, 0.3) is 0 Å². The maximum atomic E-state index is 3.82. The van der Waals surface area contributed by atoms with Crippen molar-refractivity contribution >= 4 is 0 Å². The lowest BCUT2D eigenvalue weighted by molar-refractivity contribution is 0.216. The topological polar surface area (TPSA) is 12.0 Å². The van der Waals surface area contributed by atoms with Crippen molar-refractivity contribution in [2.24, 2.45) is 5.41 Å². The third-order valence-corrected chi connectivity index (χ3v) is 5.14. The Labute approximate surface area is 96.0 Å². The molecule has 1 heterocycles. The molecule has 0 spiro atoms. The largest absolute Gasteiger partial charge is 0.311 e. The molecule has 1 N–H and O–H groups in total. The van der Waals surface area contributed by atoms with E-state index in [0.717, 1.165) is 0 Å². The van der Waals surface area contributed by atoms with Gasteiger partial charge in [-0.05, 0) is 44.1 Å². The molecule has 0 aromatic carbocycles. The third kappa shape index (κ3) is 2.75. The zero-order chi connectivity index (χ0) is 11.4. The minimum absolute atomic E-state index is 0.450. The molecule has 0 aromatic rings. The van der Waals surface area contributed by atoms with Crippen molar-refractivity contribution in [1.29, 1.82) is 0 Å². The molecule has 1 heteroatoms. The minimum atomic E-state index is 0.450. The van der Waals surface area contributed by atoms with E-state index in [1.54, 1.807) is 0 Å².